The molecule has 0 saturated heterocycles. The van der Waals surface area contributed by atoms with Gasteiger partial charge in [0.25, 0.3) is 0 Å². The minimum Gasteiger partial charge on any atom is -0.369 e. The molecule has 4 nitrogen and oxygen atoms in total. The number of aryl methyl sites for hydroxylation is 1. The van der Waals surface area contributed by atoms with Crippen LogP contribution < -0.4 is 4.90 Å². The lowest BCUT2D eigenvalue weighted by atomic mass is 10.2. The van der Waals surface area contributed by atoms with Crippen molar-refractivity contribution in [3.05, 3.63) is 53.9 Å². The molecule has 2 aromatic carbocycles. The van der Waals surface area contributed by atoms with Crippen molar-refractivity contribution >= 4 is 51.8 Å². The third-order valence-corrected chi connectivity index (χ3v) is 4.25. The number of aliphatic imine (C=N–C) groups is 1. The number of rotatable bonds is 7. The first-order valence-corrected chi connectivity index (χ1v) is 9.24. The summed E-state index contributed by atoms with van der Waals surface area (Å²) in [5, 5.41) is 0. The molecule has 0 atom stereocenters. The van der Waals surface area contributed by atoms with E-state index in [4.69, 9.17) is 23.2 Å². The molecule has 1 aromatic heterocycles. The van der Waals surface area contributed by atoms with E-state index in [0.29, 0.717) is 11.8 Å². The summed E-state index contributed by atoms with van der Waals surface area (Å²) in [4.78, 5) is 14.4. The molecule has 0 aliphatic heterocycles. The van der Waals surface area contributed by atoms with Gasteiger partial charge in [0, 0.05) is 36.8 Å². The quantitative estimate of drug-likeness (QED) is 0.471. The maximum atomic E-state index is 5.86. The number of aromatic amines is 1. The van der Waals surface area contributed by atoms with Crippen LogP contribution in [0.25, 0.3) is 11.0 Å². The van der Waals surface area contributed by atoms with Gasteiger partial charge in [-0.3, -0.25) is 4.99 Å². The van der Waals surface area contributed by atoms with Gasteiger partial charge < -0.3 is 9.88 Å². The van der Waals surface area contributed by atoms with Gasteiger partial charge in [-0.1, -0.05) is 12.1 Å². The van der Waals surface area contributed by atoms with E-state index in [1.807, 2.05) is 43.5 Å². The van der Waals surface area contributed by atoms with E-state index in [-0.39, 0.29) is 0 Å². The van der Waals surface area contributed by atoms with Gasteiger partial charge in [-0.25, -0.2) is 4.98 Å². The molecule has 0 aliphatic carbocycles. The number of fused-ring (bicyclic) bond motifs is 1. The Labute approximate surface area is 157 Å². The molecular weight excluding hydrogens is 355 g/mol. The van der Waals surface area contributed by atoms with E-state index in [2.05, 4.69) is 32.0 Å². The average molecular weight is 375 g/mol. The Balaban J connectivity index is 1.73. The molecule has 6 heteroatoms. The zero-order chi connectivity index (χ0) is 17.6. The molecule has 0 bridgehead atoms. The summed E-state index contributed by atoms with van der Waals surface area (Å²) in [7, 11) is 0. The number of benzene rings is 2. The van der Waals surface area contributed by atoms with Crippen molar-refractivity contribution in [2.45, 2.75) is 6.92 Å². The Morgan fingerprint density at radius 1 is 1.08 bits per heavy atom. The number of nitrogens with one attached hydrogen (secondary N) is 1. The zero-order valence-electron chi connectivity index (χ0n) is 14.0. The van der Waals surface area contributed by atoms with Gasteiger partial charge >= 0.3 is 0 Å². The molecule has 3 aromatic rings. The topological polar surface area (TPSA) is 44.3 Å². The lowest BCUT2D eigenvalue weighted by Crippen LogP contribution is -2.27. The molecule has 1 N–H and O–H groups in total. The highest BCUT2D eigenvalue weighted by atomic mass is 35.5. The van der Waals surface area contributed by atoms with Crippen LogP contribution in [0.5, 0.6) is 0 Å². The summed E-state index contributed by atoms with van der Waals surface area (Å²) in [5.41, 5.74) is 5.01. The number of alkyl halides is 2. The smallest absolute Gasteiger partial charge is 0.104 e. The second-order valence-electron chi connectivity index (χ2n) is 5.74. The molecule has 0 radical (unpaired) electrons. The fraction of sp³-hybridized carbons (Fsp3) is 0.263. The summed E-state index contributed by atoms with van der Waals surface area (Å²) >= 11 is 11.7. The van der Waals surface area contributed by atoms with Gasteiger partial charge in [0.1, 0.15) is 5.82 Å². The second-order valence-corrected chi connectivity index (χ2v) is 6.49. The highest BCUT2D eigenvalue weighted by Gasteiger charge is 2.05. The molecule has 0 spiro atoms. The molecule has 130 valence electrons. The van der Waals surface area contributed by atoms with E-state index in [0.717, 1.165) is 46.9 Å². The normalized spacial score (nSPS) is 11.5. The fourth-order valence-electron chi connectivity index (χ4n) is 2.70. The van der Waals surface area contributed by atoms with Crippen LogP contribution in [0.3, 0.4) is 0 Å². The van der Waals surface area contributed by atoms with Crippen LogP contribution in [0.15, 0.2) is 47.5 Å². The minimum atomic E-state index is 0.579. The zero-order valence-corrected chi connectivity index (χ0v) is 15.6. The number of H-pyrrole nitrogens is 1. The maximum absolute atomic E-state index is 5.86. The van der Waals surface area contributed by atoms with E-state index in [9.17, 15) is 0 Å². The maximum Gasteiger partial charge on any atom is 0.104 e. The molecule has 0 unspecified atom stereocenters. The van der Waals surface area contributed by atoms with Gasteiger partial charge in [0.05, 0.1) is 16.7 Å². The van der Waals surface area contributed by atoms with Gasteiger partial charge in [-0.15, -0.1) is 23.2 Å². The van der Waals surface area contributed by atoms with Crippen molar-refractivity contribution in [2.75, 3.05) is 29.7 Å². The predicted octanol–water partition coefficient (Wildman–Crippen LogP) is 4.91. The summed E-state index contributed by atoms with van der Waals surface area (Å²) in [6.45, 7) is 3.51. The van der Waals surface area contributed by atoms with Crippen LogP contribution in [0.4, 0.5) is 11.4 Å². The van der Waals surface area contributed by atoms with E-state index >= 15 is 0 Å². The van der Waals surface area contributed by atoms with Crippen LogP contribution in [-0.4, -0.2) is 41.0 Å². The summed E-state index contributed by atoms with van der Waals surface area (Å²) in [5.74, 6) is 2.07. The Kier molecular flexibility index (Phi) is 5.95. The average Bonchev–Trinajstić information content (AvgIpc) is 2.99. The van der Waals surface area contributed by atoms with Crippen molar-refractivity contribution in [1.82, 2.24) is 9.97 Å². The lowest BCUT2D eigenvalue weighted by Gasteiger charge is -2.22. The van der Waals surface area contributed by atoms with Crippen molar-refractivity contribution in [2.24, 2.45) is 4.99 Å². The third-order valence-electron chi connectivity index (χ3n) is 3.91. The van der Waals surface area contributed by atoms with Crippen molar-refractivity contribution in [3.8, 4) is 0 Å². The first kappa shape index (κ1) is 17.8. The highest BCUT2D eigenvalue weighted by molar-refractivity contribution is 6.18. The minimum absolute atomic E-state index is 0.579. The van der Waals surface area contributed by atoms with Crippen LogP contribution in [-0.2, 0) is 0 Å². The number of halogens is 2. The standard InChI is InChI=1S/C19H20Cl2N4/c1-14-23-18-7-4-16(12-19(18)24-14)22-13-15-2-5-17(6-3-15)25(10-8-20)11-9-21/h2-7,12-13H,8-11H2,1H3,(H,23,24). The molecule has 0 aliphatic rings. The Morgan fingerprint density at radius 3 is 2.48 bits per heavy atom. The summed E-state index contributed by atoms with van der Waals surface area (Å²) < 4.78 is 0. The first-order valence-electron chi connectivity index (χ1n) is 8.17. The molecule has 1 heterocycles. The van der Waals surface area contributed by atoms with Gasteiger partial charge in [0.15, 0.2) is 0 Å². The van der Waals surface area contributed by atoms with Gasteiger partial charge in [-0.05, 0) is 42.8 Å². The van der Waals surface area contributed by atoms with E-state index < -0.39 is 0 Å². The molecular formula is C19H20Cl2N4. The number of hydrogen-bond donors (Lipinski definition) is 1. The van der Waals surface area contributed by atoms with E-state index in [1.165, 1.54) is 0 Å². The molecule has 0 fully saturated rings. The summed E-state index contributed by atoms with van der Waals surface area (Å²) in [6.07, 6.45) is 1.86. The van der Waals surface area contributed by atoms with Crippen LogP contribution in [0.2, 0.25) is 0 Å². The summed E-state index contributed by atoms with van der Waals surface area (Å²) in [6, 6.07) is 14.2. The Bertz CT molecular complexity index is 849. The van der Waals surface area contributed by atoms with Crippen LogP contribution in [0, 0.1) is 6.92 Å². The second kappa shape index (κ2) is 8.37. The highest BCUT2D eigenvalue weighted by Crippen LogP contribution is 2.20. The van der Waals surface area contributed by atoms with Crippen LogP contribution >= 0.6 is 23.2 Å². The molecule has 0 saturated carbocycles. The van der Waals surface area contributed by atoms with Gasteiger partial charge in [-0.2, -0.15) is 0 Å². The number of imidazole rings is 1. The Morgan fingerprint density at radius 2 is 1.80 bits per heavy atom. The number of nitrogens with zero attached hydrogens (tertiary/aromatic N) is 3. The lowest BCUT2D eigenvalue weighted by molar-refractivity contribution is 0.874. The first-order chi connectivity index (χ1) is 12.2. The number of aromatic nitrogens is 2. The predicted molar refractivity (Wildman–Crippen MR) is 108 cm³/mol. The third kappa shape index (κ3) is 4.53. The van der Waals surface area contributed by atoms with Crippen molar-refractivity contribution in [3.63, 3.8) is 0 Å². The van der Waals surface area contributed by atoms with Crippen molar-refractivity contribution in [1.29, 1.82) is 0 Å². The van der Waals surface area contributed by atoms with Crippen molar-refractivity contribution < 1.29 is 0 Å². The van der Waals surface area contributed by atoms with Crippen LogP contribution in [0.1, 0.15) is 11.4 Å². The largest absolute Gasteiger partial charge is 0.369 e. The number of anilines is 1. The molecule has 0 amide bonds. The Hall–Kier alpha value is -2.04. The monoisotopic (exact) mass is 374 g/mol. The molecule has 25 heavy (non-hydrogen) atoms. The van der Waals surface area contributed by atoms with E-state index in [1.54, 1.807) is 0 Å². The SMILES string of the molecule is Cc1nc2ccc(N=Cc3ccc(N(CCCl)CCCl)cc3)cc2[nH]1. The molecule has 3 rings (SSSR count). The number of hydrogen-bond acceptors (Lipinski definition) is 3. The fourth-order valence-corrected chi connectivity index (χ4v) is 3.11. The van der Waals surface area contributed by atoms with Gasteiger partial charge in [0.2, 0.25) is 0 Å².